The van der Waals surface area contributed by atoms with Crippen molar-refractivity contribution in [2.24, 2.45) is 0 Å². The van der Waals surface area contributed by atoms with Crippen molar-refractivity contribution in [3.63, 3.8) is 0 Å². The van der Waals surface area contributed by atoms with Gasteiger partial charge in [0.2, 0.25) is 0 Å². The fraction of sp³-hybridized carbons (Fsp3) is 0.625. The molecule has 1 aromatic carbocycles. The lowest BCUT2D eigenvalue weighted by Gasteiger charge is -2.39. The van der Waals surface area contributed by atoms with E-state index in [1.54, 1.807) is 0 Å². The molecule has 0 amide bonds. The van der Waals surface area contributed by atoms with Gasteiger partial charge in [0, 0.05) is 40.8 Å². The second-order valence-corrected chi connectivity index (χ2v) is 8.22. The van der Waals surface area contributed by atoms with Gasteiger partial charge in [-0.2, -0.15) is 11.8 Å². The molecule has 0 spiro atoms. The smallest absolute Gasteiger partial charge is 0.0427 e. The number of benzene rings is 1. The summed E-state index contributed by atoms with van der Waals surface area (Å²) in [7, 11) is 0. The molecule has 2 nitrogen and oxygen atoms in total. The van der Waals surface area contributed by atoms with E-state index in [9.17, 15) is 0 Å². The van der Waals surface area contributed by atoms with Crippen LogP contribution in [-0.4, -0.2) is 30.1 Å². The molecular weight excluding hydrogens is 288 g/mol. The van der Waals surface area contributed by atoms with E-state index in [0.717, 1.165) is 37.6 Å². The Balaban J connectivity index is 2.17. The summed E-state index contributed by atoms with van der Waals surface area (Å²) in [4.78, 5) is 2.49. The lowest BCUT2D eigenvalue weighted by atomic mass is 10.1. The standard InChI is InChI=1S/C16H25ClN2S/c1-4-7-18-11-13-5-6-14(17)10-15(13)19-8-9-20-16(2,3)12-19/h5-6,10,18H,4,7-9,11-12H2,1-3H3. The third kappa shape index (κ3) is 4.31. The van der Waals surface area contributed by atoms with Crippen LogP contribution in [0, 0.1) is 0 Å². The molecule has 4 heteroatoms. The molecule has 112 valence electrons. The van der Waals surface area contributed by atoms with Crippen molar-refractivity contribution < 1.29 is 0 Å². The SMILES string of the molecule is CCCNCc1ccc(Cl)cc1N1CCSC(C)(C)C1. The summed E-state index contributed by atoms with van der Waals surface area (Å²) in [6.45, 7) is 11.0. The van der Waals surface area contributed by atoms with E-state index in [2.05, 4.69) is 54.9 Å². The van der Waals surface area contributed by atoms with Crippen LogP contribution in [0.3, 0.4) is 0 Å². The summed E-state index contributed by atoms with van der Waals surface area (Å²) in [5, 5.41) is 4.33. The van der Waals surface area contributed by atoms with E-state index in [-0.39, 0.29) is 0 Å². The molecule has 1 heterocycles. The maximum atomic E-state index is 6.22. The van der Waals surface area contributed by atoms with Gasteiger partial charge in [0.1, 0.15) is 0 Å². The van der Waals surface area contributed by atoms with Crippen molar-refractivity contribution in [1.29, 1.82) is 0 Å². The Bertz CT molecular complexity index is 448. The quantitative estimate of drug-likeness (QED) is 0.821. The molecule has 0 bridgehead atoms. The van der Waals surface area contributed by atoms with Crippen molar-refractivity contribution in [3.05, 3.63) is 28.8 Å². The highest BCUT2D eigenvalue weighted by Gasteiger charge is 2.28. The molecule has 0 radical (unpaired) electrons. The van der Waals surface area contributed by atoms with Gasteiger partial charge in [-0.25, -0.2) is 0 Å². The van der Waals surface area contributed by atoms with Crippen LogP contribution in [0.1, 0.15) is 32.8 Å². The fourth-order valence-corrected chi connectivity index (χ4v) is 3.88. The summed E-state index contributed by atoms with van der Waals surface area (Å²) in [6.07, 6.45) is 1.16. The zero-order valence-corrected chi connectivity index (χ0v) is 14.3. The van der Waals surface area contributed by atoms with Crippen LogP contribution >= 0.6 is 23.4 Å². The molecule has 1 aliphatic rings. The van der Waals surface area contributed by atoms with Crippen molar-refractivity contribution in [3.8, 4) is 0 Å². The number of halogens is 1. The average molecular weight is 313 g/mol. The summed E-state index contributed by atoms with van der Waals surface area (Å²) < 4.78 is 0.314. The lowest BCUT2D eigenvalue weighted by Crippen LogP contribution is -2.43. The first-order chi connectivity index (χ1) is 9.52. The Labute approximate surface area is 132 Å². The van der Waals surface area contributed by atoms with E-state index in [4.69, 9.17) is 11.6 Å². The number of hydrogen-bond donors (Lipinski definition) is 1. The minimum atomic E-state index is 0.314. The highest BCUT2D eigenvalue weighted by Crippen LogP contribution is 2.34. The number of anilines is 1. The highest BCUT2D eigenvalue weighted by atomic mass is 35.5. The Morgan fingerprint density at radius 2 is 2.20 bits per heavy atom. The molecular formula is C16H25ClN2S. The van der Waals surface area contributed by atoms with Gasteiger partial charge < -0.3 is 10.2 Å². The Kier molecular flexibility index (Phi) is 5.65. The molecule has 0 aromatic heterocycles. The molecule has 1 aromatic rings. The van der Waals surface area contributed by atoms with E-state index in [1.807, 2.05) is 6.07 Å². The number of hydrogen-bond acceptors (Lipinski definition) is 3. The van der Waals surface area contributed by atoms with Crippen LogP contribution in [0.25, 0.3) is 0 Å². The van der Waals surface area contributed by atoms with Crippen LogP contribution in [0.5, 0.6) is 0 Å². The monoisotopic (exact) mass is 312 g/mol. The molecule has 0 saturated carbocycles. The molecule has 0 unspecified atom stereocenters. The van der Waals surface area contributed by atoms with Gasteiger partial charge in [0.15, 0.2) is 0 Å². The zero-order valence-electron chi connectivity index (χ0n) is 12.7. The Morgan fingerprint density at radius 1 is 1.40 bits per heavy atom. The van der Waals surface area contributed by atoms with E-state index < -0.39 is 0 Å². The summed E-state index contributed by atoms with van der Waals surface area (Å²) in [5.41, 5.74) is 2.65. The van der Waals surface area contributed by atoms with Crippen LogP contribution < -0.4 is 10.2 Å². The van der Waals surface area contributed by atoms with E-state index in [1.165, 1.54) is 17.0 Å². The topological polar surface area (TPSA) is 15.3 Å². The minimum absolute atomic E-state index is 0.314. The second kappa shape index (κ2) is 7.06. The van der Waals surface area contributed by atoms with Gasteiger partial charge in [-0.15, -0.1) is 0 Å². The van der Waals surface area contributed by atoms with Crippen LogP contribution in [-0.2, 0) is 6.54 Å². The third-order valence-corrected chi connectivity index (χ3v) is 5.09. The maximum absolute atomic E-state index is 6.22. The molecule has 1 aliphatic heterocycles. The predicted octanol–water partition coefficient (Wildman–Crippen LogP) is 4.17. The van der Waals surface area contributed by atoms with Crippen molar-refractivity contribution in [2.75, 3.05) is 30.3 Å². The van der Waals surface area contributed by atoms with Crippen molar-refractivity contribution >= 4 is 29.1 Å². The second-order valence-electron chi connectivity index (χ2n) is 5.98. The van der Waals surface area contributed by atoms with Crippen LogP contribution in [0.15, 0.2) is 18.2 Å². The average Bonchev–Trinajstić information content (AvgIpc) is 2.39. The highest BCUT2D eigenvalue weighted by molar-refractivity contribution is 8.00. The van der Waals surface area contributed by atoms with Crippen LogP contribution in [0.4, 0.5) is 5.69 Å². The molecule has 20 heavy (non-hydrogen) atoms. The van der Waals surface area contributed by atoms with E-state index >= 15 is 0 Å². The van der Waals surface area contributed by atoms with Crippen molar-refractivity contribution in [2.45, 2.75) is 38.5 Å². The van der Waals surface area contributed by atoms with Gasteiger partial charge in [-0.3, -0.25) is 0 Å². The maximum Gasteiger partial charge on any atom is 0.0427 e. The first-order valence-electron chi connectivity index (χ1n) is 7.40. The van der Waals surface area contributed by atoms with Gasteiger partial charge in [-0.05, 0) is 44.5 Å². The number of thioether (sulfide) groups is 1. The van der Waals surface area contributed by atoms with E-state index in [0.29, 0.717) is 4.75 Å². The van der Waals surface area contributed by atoms with Crippen molar-refractivity contribution in [1.82, 2.24) is 5.32 Å². The predicted molar refractivity (Wildman–Crippen MR) is 92.2 cm³/mol. The fourth-order valence-electron chi connectivity index (χ4n) is 2.60. The van der Waals surface area contributed by atoms with Crippen LogP contribution in [0.2, 0.25) is 5.02 Å². The first kappa shape index (κ1) is 16.0. The Morgan fingerprint density at radius 3 is 2.90 bits per heavy atom. The molecule has 1 saturated heterocycles. The number of rotatable bonds is 5. The zero-order chi connectivity index (χ0) is 14.6. The van der Waals surface area contributed by atoms with Gasteiger partial charge in [0.25, 0.3) is 0 Å². The molecule has 1 N–H and O–H groups in total. The Hall–Kier alpha value is -0.380. The molecule has 2 rings (SSSR count). The lowest BCUT2D eigenvalue weighted by molar-refractivity contribution is 0.637. The van der Waals surface area contributed by atoms with Gasteiger partial charge in [0.05, 0.1) is 0 Å². The molecule has 0 atom stereocenters. The van der Waals surface area contributed by atoms with Gasteiger partial charge in [-0.1, -0.05) is 24.6 Å². The van der Waals surface area contributed by atoms with Gasteiger partial charge >= 0.3 is 0 Å². The third-order valence-electron chi connectivity index (χ3n) is 3.56. The molecule has 1 fully saturated rings. The molecule has 0 aliphatic carbocycles. The summed E-state index contributed by atoms with van der Waals surface area (Å²) >= 11 is 8.28. The summed E-state index contributed by atoms with van der Waals surface area (Å²) in [5.74, 6) is 1.18. The largest absolute Gasteiger partial charge is 0.369 e. The minimum Gasteiger partial charge on any atom is -0.369 e. The number of nitrogens with one attached hydrogen (secondary N) is 1. The normalized spacial score (nSPS) is 18.3. The first-order valence-corrected chi connectivity index (χ1v) is 8.76. The summed E-state index contributed by atoms with van der Waals surface area (Å²) in [6, 6.07) is 6.28. The number of nitrogens with zero attached hydrogens (tertiary/aromatic N) is 1.